The molecule has 2 aromatic rings. The normalized spacial score (nSPS) is 11.0. The molecule has 0 aromatic heterocycles. The van der Waals surface area contributed by atoms with Gasteiger partial charge in [0.15, 0.2) is 0 Å². The lowest BCUT2D eigenvalue weighted by molar-refractivity contribution is -0.123. The lowest BCUT2D eigenvalue weighted by atomic mass is 10.1. The molecule has 4 nitrogen and oxygen atoms in total. The van der Waals surface area contributed by atoms with Crippen LogP contribution in [0, 0.1) is 0 Å². The molecule has 0 bridgehead atoms. The first-order valence-corrected chi connectivity index (χ1v) is 6.76. The predicted octanol–water partition coefficient (Wildman–Crippen LogP) is 2.78. The molecule has 0 spiro atoms. The van der Waals surface area contributed by atoms with E-state index < -0.39 is 0 Å². The zero-order valence-corrected chi connectivity index (χ0v) is 12.5. The van der Waals surface area contributed by atoms with Gasteiger partial charge in [-0.15, -0.1) is 0 Å². The maximum atomic E-state index is 11.2. The van der Waals surface area contributed by atoms with Crippen LogP contribution in [-0.4, -0.2) is 20.1 Å². The standard InChI is InChI=1S/C11H15NO2.C6H7N/c1-12-11(13)8-10(14-2)9-6-4-3-5-7-9;7-6-4-2-1-3-5-6/h3-7,10H,8H2,1-2H3,(H,12,13);1-5H,7H2. The highest BCUT2D eigenvalue weighted by atomic mass is 16.5. The van der Waals surface area contributed by atoms with Crippen LogP contribution in [0.2, 0.25) is 0 Å². The monoisotopic (exact) mass is 286 g/mol. The number of amides is 1. The number of ether oxygens (including phenoxy) is 1. The number of hydrogen-bond donors (Lipinski definition) is 2. The summed E-state index contributed by atoms with van der Waals surface area (Å²) < 4.78 is 5.25. The van der Waals surface area contributed by atoms with Gasteiger partial charge in [-0.3, -0.25) is 4.79 Å². The fourth-order valence-electron chi connectivity index (χ4n) is 1.73. The Morgan fingerprint density at radius 2 is 1.62 bits per heavy atom. The van der Waals surface area contributed by atoms with E-state index in [0.717, 1.165) is 11.3 Å². The highest BCUT2D eigenvalue weighted by Crippen LogP contribution is 2.19. The van der Waals surface area contributed by atoms with E-state index >= 15 is 0 Å². The maximum absolute atomic E-state index is 11.2. The molecule has 1 atom stereocenters. The molecular formula is C17H22N2O2. The van der Waals surface area contributed by atoms with Crippen molar-refractivity contribution in [3.63, 3.8) is 0 Å². The first-order chi connectivity index (χ1) is 10.2. The van der Waals surface area contributed by atoms with Crippen LogP contribution >= 0.6 is 0 Å². The predicted molar refractivity (Wildman–Crippen MR) is 85.7 cm³/mol. The summed E-state index contributed by atoms with van der Waals surface area (Å²) in [5, 5.41) is 2.58. The summed E-state index contributed by atoms with van der Waals surface area (Å²) >= 11 is 0. The molecule has 0 aliphatic heterocycles. The van der Waals surface area contributed by atoms with Crippen molar-refractivity contribution >= 4 is 11.6 Å². The van der Waals surface area contributed by atoms with E-state index in [9.17, 15) is 4.79 Å². The quantitative estimate of drug-likeness (QED) is 0.849. The van der Waals surface area contributed by atoms with Crippen LogP contribution in [0.4, 0.5) is 5.69 Å². The zero-order valence-electron chi connectivity index (χ0n) is 12.5. The number of benzene rings is 2. The van der Waals surface area contributed by atoms with Crippen LogP contribution in [0.15, 0.2) is 60.7 Å². The van der Waals surface area contributed by atoms with Crippen molar-refractivity contribution in [3.8, 4) is 0 Å². The van der Waals surface area contributed by atoms with Crippen molar-refractivity contribution < 1.29 is 9.53 Å². The molecule has 4 heteroatoms. The topological polar surface area (TPSA) is 64.3 Å². The van der Waals surface area contributed by atoms with Crippen molar-refractivity contribution in [1.29, 1.82) is 0 Å². The second-order valence-corrected chi connectivity index (χ2v) is 4.42. The van der Waals surface area contributed by atoms with Crippen molar-refractivity contribution in [2.45, 2.75) is 12.5 Å². The van der Waals surface area contributed by atoms with Gasteiger partial charge in [-0.1, -0.05) is 48.5 Å². The lowest BCUT2D eigenvalue weighted by Crippen LogP contribution is -2.21. The van der Waals surface area contributed by atoms with Crippen LogP contribution in [0.5, 0.6) is 0 Å². The van der Waals surface area contributed by atoms with Crippen LogP contribution in [0.1, 0.15) is 18.1 Å². The van der Waals surface area contributed by atoms with Gasteiger partial charge in [0.05, 0.1) is 12.5 Å². The van der Waals surface area contributed by atoms with Crippen molar-refractivity contribution in [1.82, 2.24) is 5.32 Å². The number of carbonyl (C=O) groups excluding carboxylic acids is 1. The molecule has 2 rings (SSSR count). The molecule has 0 saturated heterocycles. The third-order valence-corrected chi connectivity index (χ3v) is 2.91. The van der Waals surface area contributed by atoms with E-state index in [1.807, 2.05) is 60.7 Å². The van der Waals surface area contributed by atoms with Gasteiger partial charge in [-0.25, -0.2) is 0 Å². The number of hydrogen-bond acceptors (Lipinski definition) is 3. The van der Waals surface area contributed by atoms with Crippen molar-refractivity contribution in [2.24, 2.45) is 0 Å². The van der Waals surface area contributed by atoms with Crippen LogP contribution in [-0.2, 0) is 9.53 Å². The highest BCUT2D eigenvalue weighted by Gasteiger charge is 2.13. The molecule has 0 radical (unpaired) electrons. The second kappa shape index (κ2) is 9.55. The number of para-hydroxylation sites is 1. The zero-order chi connectivity index (χ0) is 15.5. The third kappa shape index (κ3) is 6.58. The van der Waals surface area contributed by atoms with E-state index in [1.54, 1.807) is 14.2 Å². The van der Waals surface area contributed by atoms with Crippen molar-refractivity contribution in [2.75, 3.05) is 19.9 Å². The molecule has 0 heterocycles. The average molecular weight is 286 g/mol. The Kier molecular flexibility index (Phi) is 7.61. The molecule has 0 saturated carbocycles. The molecule has 0 fully saturated rings. The number of anilines is 1. The highest BCUT2D eigenvalue weighted by molar-refractivity contribution is 5.76. The molecule has 3 N–H and O–H groups in total. The minimum atomic E-state index is -0.156. The van der Waals surface area contributed by atoms with Gasteiger partial charge in [-0.2, -0.15) is 0 Å². The summed E-state index contributed by atoms with van der Waals surface area (Å²) in [4.78, 5) is 11.2. The van der Waals surface area contributed by atoms with E-state index in [4.69, 9.17) is 10.5 Å². The fraction of sp³-hybridized carbons (Fsp3) is 0.235. The minimum absolute atomic E-state index is 0.0132. The molecule has 2 aromatic carbocycles. The van der Waals surface area contributed by atoms with Gasteiger partial charge in [0.25, 0.3) is 0 Å². The van der Waals surface area contributed by atoms with Gasteiger partial charge in [0.2, 0.25) is 5.91 Å². The molecular weight excluding hydrogens is 264 g/mol. The van der Waals surface area contributed by atoms with Gasteiger partial charge in [-0.05, 0) is 17.7 Å². The Morgan fingerprint density at radius 1 is 1.10 bits per heavy atom. The van der Waals surface area contributed by atoms with Crippen LogP contribution < -0.4 is 11.1 Å². The molecule has 1 amide bonds. The molecule has 1 unspecified atom stereocenters. The summed E-state index contributed by atoms with van der Waals surface area (Å²) in [6.07, 6.45) is 0.202. The Bertz CT molecular complexity index is 515. The van der Waals surface area contributed by atoms with Gasteiger partial charge in [0.1, 0.15) is 0 Å². The summed E-state index contributed by atoms with van der Waals surface area (Å²) in [7, 11) is 3.24. The number of carbonyl (C=O) groups is 1. The van der Waals surface area contributed by atoms with Crippen LogP contribution in [0.25, 0.3) is 0 Å². The van der Waals surface area contributed by atoms with Gasteiger partial charge in [0, 0.05) is 19.8 Å². The smallest absolute Gasteiger partial charge is 0.222 e. The van der Waals surface area contributed by atoms with Gasteiger partial charge < -0.3 is 15.8 Å². The lowest BCUT2D eigenvalue weighted by Gasteiger charge is -2.14. The number of methoxy groups -OCH3 is 1. The molecule has 21 heavy (non-hydrogen) atoms. The third-order valence-electron chi connectivity index (χ3n) is 2.91. The number of nitrogen functional groups attached to an aromatic ring is 1. The Hall–Kier alpha value is -2.33. The average Bonchev–Trinajstić information content (AvgIpc) is 2.54. The molecule has 112 valence electrons. The largest absolute Gasteiger partial charge is 0.399 e. The van der Waals surface area contributed by atoms with E-state index in [0.29, 0.717) is 6.42 Å². The summed E-state index contributed by atoms with van der Waals surface area (Å²) in [5.41, 5.74) is 7.21. The number of rotatable bonds is 4. The maximum Gasteiger partial charge on any atom is 0.222 e. The SMILES string of the molecule is CNC(=O)CC(OC)c1ccccc1.Nc1ccccc1. The Labute approximate surface area is 125 Å². The molecule has 0 aliphatic rings. The van der Waals surface area contributed by atoms with E-state index in [2.05, 4.69) is 5.32 Å². The van der Waals surface area contributed by atoms with Crippen LogP contribution in [0.3, 0.4) is 0 Å². The second-order valence-electron chi connectivity index (χ2n) is 4.42. The van der Waals surface area contributed by atoms with Gasteiger partial charge >= 0.3 is 0 Å². The number of nitrogens with one attached hydrogen (secondary N) is 1. The minimum Gasteiger partial charge on any atom is -0.399 e. The molecule has 0 aliphatic carbocycles. The van der Waals surface area contributed by atoms with E-state index in [-0.39, 0.29) is 12.0 Å². The first-order valence-electron chi connectivity index (χ1n) is 6.76. The van der Waals surface area contributed by atoms with E-state index in [1.165, 1.54) is 0 Å². The van der Waals surface area contributed by atoms with Crippen molar-refractivity contribution in [3.05, 3.63) is 66.2 Å². The number of nitrogens with two attached hydrogens (primary N) is 1. The Balaban J connectivity index is 0.000000262. The Morgan fingerprint density at radius 3 is 2.00 bits per heavy atom. The fourth-order valence-corrected chi connectivity index (χ4v) is 1.73. The summed E-state index contributed by atoms with van der Waals surface area (Å²) in [6, 6.07) is 19.2. The summed E-state index contributed by atoms with van der Waals surface area (Å²) in [6.45, 7) is 0. The summed E-state index contributed by atoms with van der Waals surface area (Å²) in [5.74, 6) is -0.0132. The first kappa shape index (κ1) is 16.7.